The molecule has 2 aromatic carbocycles. The molecule has 0 heterocycles. The third-order valence-corrected chi connectivity index (χ3v) is 4.60. The van der Waals surface area contributed by atoms with Gasteiger partial charge in [-0.15, -0.1) is 0 Å². The number of hydrogen-bond donors (Lipinski definition) is 0. The molecule has 146 valence electrons. The molecule has 0 saturated heterocycles. The van der Waals surface area contributed by atoms with Crippen LogP contribution in [0.4, 0.5) is 0 Å². The maximum atomic E-state index is 12.1. The lowest BCUT2D eigenvalue weighted by atomic mass is 10.1. The Balaban J connectivity index is 1.77. The van der Waals surface area contributed by atoms with Crippen LogP contribution in [0, 0.1) is 0 Å². The van der Waals surface area contributed by atoms with E-state index in [9.17, 15) is 4.79 Å². The Kier molecular flexibility index (Phi) is 10.3. The second kappa shape index (κ2) is 13.1. The first-order valence-corrected chi connectivity index (χ1v) is 10.2. The molecule has 0 fully saturated rings. The zero-order valence-electron chi connectivity index (χ0n) is 16.4. The van der Waals surface area contributed by atoms with Gasteiger partial charge in [0, 0.05) is 6.42 Å². The van der Waals surface area contributed by atoms with E-state index in [0.29, 0.717) is 13.0 Å². The first-order chi connectivity index (χ1) is 13.3. The summed E-state index contributed by atoms with van der Waals surface area (Å²) in [5, 5.41) is 0. The van der Waals surface area contributed by atoms with Gasteiger partial charge >= 0.3 is 5.97 Å². The summed E-state index contributed by atoms with van der Waals surface area (Å²) in [4.78, 5) is 12.1. The van der Waals surface area contributed by atoms with E-state index in [-0.39, 0.29) is 18.7 Å². The molecular weight excluding hydrogens is 336 g/mol. The first-order valence-electron chi connectivity index (χ1n) is 10.2. The number of benzene rings is 2. The molecule has 1 unspecified atom stereocenters. The van der Waals surface area contributed by atoms with Crippen LogP contribution in [0.2, 0.25) is 0 Å². The summed E-state index contributed by atoms with van der Waals surface area (Å²) in [6.07, 6.45) is 7.23. The van der Waals surface area contributed by atoms with E-state index in [1.165, 1.54) is 25.7 Å². The maximum Gasteiger partial charge on any atom is 0.305 e. The van der Waals surface area contributed by atoms with E-state index in [4.69, 9.17) is 9.47 Å². The standard InChI is InChI=1S/C24H32O3/c1-2-3-4-5-6-13-18-24(25)27-20-23(22-16-11-8-12-17-22)26-19-21-14-9-7-10-15-21/h7-12,14-17,23H,2-6,13,18-20H2,1H3. The fourth-order valence-electron chi connectivity index (χ4n) is 2.97. The van der Waals surface area contributed by atoms with Crippen molar-refractivity contribution < 1.29 is 14.3 Å². The van der Waals surface area contributed by atoms with Gasteiger partial charge in [0.2, 0.25) is 0 Å². The molecule has 2 aromatic rings. The van der Waals surface area contributed by atoms with Gasteiger partial charge < -0.3 is 9.47 Å². The van der Waals surface area contributed by atoms with E-state index in [2.05, 4.69) is 6.92 Å². The highest BCUT2D eigenvalue weighted by atomic mass is 16.6. The van der Waals surface area contributed by atoms with Crippen LogP contribution in [0.15, 0.2) is 60.7 Å². The van der Waals surface area contributed by atoms with Crippen molar-refractivity contribution in [3.8, 4) is 0 Å². The molecule has 0 aliphatic rings. The van der Waals surface area contributed by atoms with Crippen LogP contribution in [0.1, 0.15) is 69.1 Å². The number of hydrogen-bond acceptors (Lipinski definition) is 3. The number of unbranched alkanes of at least 4 members (excludes halogenated alkanes) is 5. The first kappa shape index (κ1) is 21.2. The van der Waals surface area contributed by atoms with Crippen molar-refractivity contribution in [1.82, 2.24) is 0 Å². The van der Waals surface area contributed by atoms with Crippen molar-refractivity contribution in [2.75, 3.05) is 6.61 Å². The Hall–Kier alpha value is -2.13. The second-order valence-electron chi connectivity index (χ2n) is 6.90. The molecule has 0 saturated carbocycles. The highest BCUT2D eigenvalue weighted by molar-refractivity contribution is 5.69. The van der Waals surface area contributed by atoms with Crippen molar-refractivity contribution in [2.45, 2.75) is 64.6 Å². The van der Waals surface area contributed by atoms with Gasteiger partial charge in [-0.25, -0.2) is 0 Å². The molecule has 0 radical (unpaired) electrons. The highest BCUT2D eigenvalue weighted by Crippen LogP contribution is 2.20. The van der Waals surface area contributed by atoms with Crippen LogP contribution < -0.4 is 0 Å². The molecule has 0 N–H and O–H groups in total. The van der Waals surface area contributed by atoms with E-state index in [0.717, 1.165) is 24.0 Å². The van der Waals surface area contributed by atoms with Gasteiger partial charge in [0.15, 0.2) is 0 Å². The average molecular weight is 369 g/mol. The second-order valence-corrected chi connectivity index (χ2v) is 6.90. The Morgan fingerprint density at radius 2 is 1.48 bits per heavy atom. The van der Waals surface area contributed by atoms with Crippen LogP contribution in [-0.2, 0) is 20.9 Å². The summed E-state index contributed by atoms with van der Waals surface area (Å²) in [5.74, 6) is -0.130. The number of rotatable bonds is 13. The van der Waals surface area contributed by atoms with Crippen LogP contribution in [-0.4, -0.2) is 12.6 Å². The largest absolute Gasteiger partial charge is 0.463 e. The predicted octanol–water partition coefficient (Wildman–Crippen LogP) is 6.24. The molecular formula is C24H32O3. The van der Waals surface area contributed by atoms with E-state index >= 15 is 0 Å². The normalized spacial score (nSPS) is 11.9. The molecule has 0 bridgehead atoms. The highest BCUT2D eigenvalue weighted by Gasteiger charge is 2.15. The fourth-order valence-corrected chi connectivity index (χ4v) is 2.97. The Morgan fingerprint density at radius 3 is 2.19 bits per heavy atom. The summed E-state index contributed by atoms with van der Waals surface area (Å²) in [7, 11) is 0. The Labute approximate surface area is 163 Å². The van der Waals surface area contributed by atoms with Gasteiger partial charge in [0.1, 0.15) is 12.7 Å². The van der Waals surface area contributed by atoms with Crippen LogP contribution in [0.25, 0.3) is 0 Å². The van der Waals surface area contributed by atoms with E-state index in [1.807, 2.05) is 60.7 Å². The van der Waals surface area contributed by atoms with Gasteiger partial charge in [0.25, 0.3) is 0 Å². The Morgan fingerprint density at radius 1 is 0.852 bits per heavy atom. The third kappa shape index (κ3) is 8.87. The minimum atomic E-state index is -0.250. The van der Waals surface area contributed by atoms with Crippen molar-refractivity contribution in [1.29, 1.82) is 0 Å². The number of carbonyl (C=O) groups is 1. The summed E-state index contributed by atoms with van der Waals surface area (Å²) < 4.78 is 11.6. The number of esters is 1. The van der Waals surface area contributed by atoms with Gasteiger partial charge in [-0.3, -0.25) is 4.79 Å². The summed E-state index contributed by atoms with van der Waals surface area (Å²) in [6.45, 7) is 2.96. The number of carbonyl (C=O) groups excluding carboxylic acids is 1. The molecule has 1 atom stereocenters. The summed E-state index contributed by atoms with van der Waals surface area (Å²) in [6, 6.07) is 20.0. The smallest absolute Gasteiger partial charge is 0.305 e. The predicted molar refractivity (Wildman–Crippen MR) is 109 cm³/mol. The van der Waals surface area contributed by atoms with E-state index < -0.39 is 0 Å². The molecule has 3 heteroatoms. The Bertz CT molecular complexity index is 625. The van der Waals surface area contributed by atoms with Gasteiger partial charge in [-0.05, 0) is 17.5 Å². The summed E-state index contributed by atoms with van der Waals surface area (Å²) in [5.41, 5.74) is 2.14. The van der Waals surface area contributed by atoms with Crippen LogP contribution >= 0.6 is 0 Å². The molecule has 2 rings (SSSR count). The van der Waals surface area contributed by atoms with Gasteiger partial charge in [-0.1, -0.05) is 99.7 Å². The zero-order chi connectivity index (χ0) is 19.2. The number of ether oxygens (including phenoxy) is 2. The summed E-state index contributed by atoms with van der Waals surface area (Å²) >= 11 is 0. The lowest BCUT2D eigenvalue weighted by Crippen LogP contribution is -2.15. The topological polar surface area (TPSA) is 35.5 Å². The van der Waals surface area contributed by atoms with Crippen molar-refractivity contribution >= 4 is 5.97 Å². The average Bonchev–Trinajstić information content (AvgIpc) is 2.72. The minimum Gasteiger partial charge on any atom is -0.463 e. The van der Waals surface area contributed by atoms with Crippen molar-refractivity contribution in [3.63, 3.8) is 0 Å². The SMILES string of the molecule is CCCCCCCCC(=O)OCC(OCc1ccccc1)c1ccccc1. The van der Waals surface area contributed by atoms with Crippen LogP contribution in [0.5, 0.6) is 0 Å². The molecule has 3 nitrogen and oxygen atoms in total. The molecule has 0 aliphatic carbocycles. The molecule has 0 aliphatic heterocycles. The maximum absolute atomic E-state index is 12.1. The van der Waals surface area contributed by atoms with E-state index in [1.54, 1.807) is 0 Å². The fraction of sp³-hybridized carbons (Fsp3) is 0.458. The lowest BCUT2D eigenvalue weighted by Gasteiger charge is -2.18. The minimum absolute atomic E-state index is 0.130. The monoisotopic (exact) mass is 368 g/mol. The van der Waals surface area contributed by atoms with Gasteiger partial charge in [-0.2, -0.15) is 0 Å². The molecule has 0 aromatic heterocycles. The third-order valence-electron chi connectivity index (χ3n) is 4.60. The quantitative estimate of drug-likeness (QED) is 0.310. The molecule has 0 amide bonds. The molecule has 0 spiro atoms. The molecule has 27 heavy (non-hydrogen) atoms. The van der Waals surface area contributed by atoms with Crippen molar-refractivity contribution in [2.24, 2.45) is 0 Å². The lowest BCUT2D eigenvalue weighted by molar-refractivity contribution is -0.148. The van der Waals surface area contributed by atoms with Gasteiger partial charge in [0.05, 0.1) is 6.61 Å². The van der Waals surface area contributed by atoms with Crippen molar-refractivity contribution in [3.05, 3.63) is 71.8 Å². The van der Waals surface area contributed by atoms with Crippen LogP contribution in [0.3, 0.4) is 0 Å². The zero-order valence-corrected chi connectivity index (χ0v) is 16.4.